The molecule has 0 radical (unpaired) electrons. The molecule has 0 saturated heterocycles. The van der Waals surface area contributed by atoms with Crippen LogP contribution >= 0.6 is 7.82 Å². The van der Waals surface area contributed by atoms with E-state index in [2.05, 4.69) is 19.2 Å². The molecule has 14 heteroatoms. The van der Waals surface area contributed by atoms with Gasteiger partial charge in [0.05, 0.1) is 18.8 Å². The first kappa shape index (κ1) is 61.3. The minimum atomic E-state index is -5.15. The summed E-state index contributed by atoms with van der Waals surface area (Å²) in [6.07, 6.45) is 28.6. The molecule has 1 aliphatic rings. The SMILES string of the molecule is CCCCCCCCCCCCCCCCCCCCCCCCCC(=O)N[C@@H](COP(=O)(O)OC1[C@H](O)[C@H](O)C(O)[C@H](O)[C@H]1O)[C@H](O)[C@@H](O)CCCCCCCCCCCCCC. The highest BCUT2D eigenvalue weighted by Crippen LogP contribution is 2.47. The van der Waals surface area contributed by atoms with Crippen molar-refractivity contribution in [2.75, 3.05) is 6.61 Å². The summed E-state index contributed by atoms with van der Waals surface area (Å²) in [4.78, 5) is 23.5. The third-order valence-electron chi connectivity index (χ3n) is 13.3. The highest BCUT2D eigenvalue weighted by Gasteiger charge is 2.51. The van der Waals surface area contributed by atoms with Crippen molar-refractivity contribution in [3.05, 3.63) is 0 Å². The summed E-state index contributed by atoms with van der Waals surface area (Å²) in [5.41, 5.74) is 0. The second-order valence-corrected chi connectivity index (χ2v) is 20.6. The summed E-state index contributed by atoms with van der Waals surface area (Å²) in [6, 6.07) is -1.30. The van der Waals surface area contributed by atoms with Crippen molar-refractivity contribution in [2.45, 2.75) is 306 Å². The van der Waals surface area contributed by atoms with Gasteiger partial charge in [-0.3, -0.25) is 13.8 Å². The Bertz CT molecular complexity index is 1110. The average Bonchev–Trinajstić information content (AvgIpc) is 3.28. The van der Waals surface area contributed by atoms with Gasteiger partial charge in [0.1, 0.15) is 42.7 Å². The fourth-order valence-electron chi connectivity index (χ4n) is 8.89. The van der Waals surface area contributed by atoms with Gasteiger partial charge >= 0.3 is 7.82 Å². The Hall–Kier alpha value is -0.700. The van der Waals surface area contributed by atoms with Crippen LogP contribution in [-0.4, -0.2) is 108 Å². The lowest BCUT2D eigenvalue weighted by molar-refractivity contribution is -0.220. The molecule has 1 rings (SSSR count). The Kier molecular flexibility index (Phi) is 38.5. The summed E-state index contributed by atoms with van der Waals surface area (Å²) < 4.78 is 22.9. The molecular formula is C50H100NO12P. The molecule has 1 amide bonds. The molecular weight excluding hydrogens is 838 g/mol. The normalized spacial score (nSPS) is 22.6. The first-order chi connectivity index (χ1) is 30.9. The molecule has 1 aliphatic carbocycles. The van der Waals surface area contributed by atoms with Crippen molar-refractivity contribution in [3.63, 3.8) is 0 Å². The van der Waals surface area contributed by atoms with Crippen LogP contribution in [0.2, 0.25) is 0 Å². The number of nitrogens with one attached hydrogen (secondary N) is 1. The summed E-state index contributed by atoms with van der Waals surface area (Å²) >= 11 is 0. The minimum Gasteiger partial charge on any atom is -0.390 e. The van der Waals surface area contributed by atoms with Gasteiger partial charge in [0.25, 0.3) is 0 Å². The van der Waals surface area contributed by atoms with Crippen molar-refractivity contribution in [1.82, 2.24) is 5.32 Å². The van der Waals surface area contributed by atoms with Crippen LogP contribution in [0.5, 0.6) is 0 Å². The molecule has 13 nitrogen and oxygen atoms in total. The monoisotopic (exact) mass is 938 g/mol. The zero-order chi connectivity index (χ0) is 47.3. The van der Waals surface area contributed by atoms with Crippen molar-refractivity contribution >= 4 is 13.7 Å². The van der Waals surface area contributed by atoms with Gasteiger partial charge in [-0.1, -0.05) is 232 Å². The van der Waals surface area contributed by atoms with E-state index in [0.717, 1.165) is 38.5 Å². The van der Waals surface area contributed by atoms with E-state index >= 15 is 0 Å². The number of rotatable bonds is 45. The van der Waals surface area contributed by atoms with Crippen LogP contribution in [0.1, 0.15) is 251 Å². The summed E-state index contributed by atoms with van der Waals surface area (Å²) in [5.74, 6) is -0.416. The number of phosphoric acid groups is 1. The number of phosphoric ester groups is 1. The maximum atomic E-state index is 13.0. The van der Waals surface area contributed by atoms with E-state index < -0.39 is 75.2 Å². The Morgan fingerprint density at radius 3 is 1.12 bits per heavy atom. The van der Waals surface area contributed by atoms with E-state index in [1.807, 2.05) is 0 Å². The summed E-state index contributed by atoms with van der Waals surface area (Å²) in [7, 11) is -5.15. The largest absolute Gasteiger partial charge is 0.472 e. The number of unbranched alkanes of at least 4 members (excludes halogenated alkanes) is 33. The van der Waals surface area contributed by atoms with Gasteiger partial charge in [-0.05, 0) is 12.8 Å². The first-order valence-electron chi connectivity index (χ1n) is 26.6. The van der Waals surface area contributed by atoms with Crippen LogP contribution in [0.3, 0.4) is 0 Å². The predicted molar refractivity (Wildman–Crippen MR) is 257 cm³/mol. The number of aliphatic hydroxyl groups is 7. The lowest BCUT2D eigenvalue weighted by Crippen LogP contribution is -2.64. The zero-order valence-corrected chi connectivity index (χ0v) is 41.6. The molecule has 9 N–H and O–H groups in total. The smallest absolute Gasteiger partial charge is 0.390 e. The maximum Gasteiger partial charge on any atom is 0.472 e. The molecule has 1 saturated carbocycles. The standard InChI is InChI=1S/C50H100NO12P/c1-3-5-7-9-11-13-15-17-18-19-20-21-22-23-24-25-26-27-29-31-33-35-37-39-43(53)51-41(40-62-64(60,61)63-50-48(58)46(56)45(55)47(57)49(50)59)44(54)42(52)38-36-34-32-30-28-16-14-12-10-8-6-4-2/h41-42,44-50,52,54-59H,3-40H2,1-2H3,(H,51,53)(H,60,61)/t41-,42-,44-,45?,46-,47+,48+,49+,50?/m0/s1. The minimum absolute atomic E-state index is 0.156. The van der Waals surface area contributed by atoms with Gasteiger partial charge in [0.15, 0.2) is 0 Å². The van der Waals surface area contributed by atoms with E-state index in [9.17, 15) is 50.0 Å². The molecule has 0 heterocycles. The number of amides is 1. The topological polar surface area (TPSA) is 226 Å². The molecule has 1 fully saturated rings. The number of carbonyl (C=O) groups excluding carboxylic acids is 1. The molecule has 0 aromatic rings. The number of carbonyl (C=O) groups is 1. The molecule has 0 aromatic heterocycles. The molecule has 0 bridgehead atoms. The van der Waals surface area contributed by atoms with Crippen molar-refractivity contribution in [3.8, 4) is 0 Å². The molecule has 64 heavy (non-hydrogen) atoms. The van der Waals surface area contributed by atoms with Gasteiger partial charge in [-0.25, -0.2) is 4.57 Å². The second-order valence-electron chi connectivity index (χ2n) is 19.2. The lowest BCUT2D eigenvalue weighted by Gasteiger charge is -2.41. The number of hydrogen-bond donors (Lipinski definition) is 9. The van der Waals surface area contributed by atoms with Crippen molar-refractivity contribution < 1.29 is 59.0 Å². The van der Waals surface area contributed by atoms with Crippen LogP contribution in [-0.2, 0) is 18.4 Å². The fourth-order valence-corrected chi connectivity index (χ4v) is 9.86. The van der Waals surface area contributed by atoms with Gasteiger partial charge in [0.2, 0.25) is 5.91 Å². The fraction of sp³-hybridized carbons (Fsp3) is 0.980. The molecule has 382 valence electrons. The van der Waals surface area contributed by atoms with E-state index in [4.69, 9.17) is 9.05 Å². The van der Waals surface area contributed by atoms with Gasteiger partial charge in [0, 0.05) is 6.42 Å². The van der Waals surface area contributed by atoms with Gasteiger partial charge < -0.3 is 46.0 Å². The van der Waals surface area contributed by atoms with Crippen molar-refractivity contribution in [2.24, 2.45) is 0 Å². The van der Waals surface area contributed by atoms with Crippen LogP contribution in [0.15, 0.2) is 0 Å². The van der Waals surface area contributed by atoms with Gasteiger partial charge in [-0.2, -0.15) is 0 Å². The van der Waals surface area contributed by atoms with Crippen LogP contribution in [0.4, 0.5) is 0 Å². The summed E-state index contributed by atoms with van der Waals surface area (Å²) in [6.45, 7) is 3.73. The van der Waals surface area contributed by atoms with Crippen LogP contribution < -0.4 is 5.32 Å². The quantitative estimate of drug-likeness (QED) is 0.0205. The van der Waals surface area contributed by atoms with E-state index in [-0.39, 0.29) is 12.8 Å². The Morgan fingerprint density at radius 2 is 0.781 bits per heavy atom. The maximum absolute atomic E-state index is 13.0. The predicted octanol–water partition coefficient (Wildman–Crippen LogP) is 9.99. The van der Waals surface area contributed by atoms with Crippen LogP contribution in [0, 0.1) is 0 Å². The van der Waals surface area contributed by atoms with Crippen molar-refractivity contribution in [1.29, 1.82) is 0 Å². The number of aliphatic hydroxyl groups excluding tert-OH is 7. The highest BCUT2D eigenvalue weighted by molar-refractivity contribution is 7.47. The molecule has 0 aliphatic heterocycles. The van der Waals surface area contributed by atoms with E-state index in [0.29, 0.717) is 12.8 Å². The van der Waals surface area contributed by atoms with E-state index in [1.54, 1.807) is 0 Å². The summed E-state index contributed by atoms with van der Waals surface area (Å²) in [5, 5.41) is 75.1. The number of hydrogen-bond acceptors (Lipinski definition) is 11. The average molecular weight is 938 g/mol. The third-order valence-corrected chi connectivity index (χ3v) is 14.2. The third kappa shape index (κ3) is 30.6. The van der Waals surface area contributed by atoms with Crippen LogP contribution in [0.25, 0.3) is 0 Å². The van der Waals surface area contributed by atoms with E-state index in [1.165, 1.54) is 173 Å². The highest BCUT2D eigenvalue weighted by atomic mass is 31.2. The Morgan fingerprint density at radius 1 is 0.484 bits per heavy atom. The Balaban J connectivity index is 2.38. The molecule has 10 atom stereocenters. The van der Waals surface area contributed by atoms with Gasteiger partial charge in [-0.15, -0.1) is 0 Å². The molecule has 3 unspecified atom stereocenters. The molecule has 0 spiro atoms. The lowest BCUT2D eigenvalue weighted by atomic mass is 9.85. The molecule has 0 aromatic carbocycles. The second kappa shape index (κ2) is 40.2. The Labute approximate surface area is 389 Å². The first-order valence-corrected chi connectivity index (χ1v) is 28.1. The zero-order valence-electron chi connectivity index (χ0n) is 40.7.